The Labute approximate surface area is 173 Å². The maximum Gasteiger partial charge on any atom is 0.337 e. The number of benzene rings is 3. The molecule has 0 aliphatic carbocycles. The fourth-order valence-electron chi connectivity index (χ4n) is 2.56. The van der Waals surface area contributed by atoms with Crippen molar-refractivity contribution >= 4 is 18.1 Å². The molecular weight excluding hydrogens is 384 g/mol. The minimum Gasteiger partial charge on any atom is -0.507 e. The van der Waals surface area contributed by atoms with Crippen LogP contribution in [0.5, 0.6) is 11.5 Å². The first kappa shape index (κ1) is 20.6. The van der Waals surface area contributed by atoms with Crippen molar-refractivity contribution in [3.63, 3.8) is 0 Å². The van der Waals surface area contributed by atoms with Gasteiger partial charge in [0.1, 0.15) is 18.1 Å². The van der Waals surface area contributed by atoms with Gasteiger partial charge >= 0.3 is 5.97 Å². The van der Waals surface area contributed by atoms with Gasteiger partial charge in [0.15, 0.2) is 0 Å². The molecule has 7 nitrogen and oxygen atoms in total. The monoisotopic (exact) mass is 404 g/mol. The van der Waals surface area contributed by atoms with Gasteiger partial charge in [0.2, 0.25) is 0 Å². The molecule has 0 unspecified atom stereocenters. The predicted octanol–water partition coefficient (Wildman–Crippen LogP) is 3.52. The van der Waals surface area contributed by atoms with Crippen molar-refractivity contribution < 1.29 is 24.2 Å². The number of hydrogen-bond donors (Lipinski definition) is 2. The highest BCUT2D eigenvalue weighted by molar-refractivity contribution is 5.97. The van der Waals surface area contributed by atoms with Gasteiger partial charge in [0.05, 0.1) is 24.5 Å². The van der Waals surface area contributed by atoms with Crippen molar-refractivity contribution in [3.8, 4) is 11.5 Å². The summed E-state index contributed by atoms with van der Waals surface area (Å²) in [6.07, 6.45) is 1.49. The molecular formula is C23H20N2O5. The number of phenolic OH excluding ortho intramolecular Hbond substituents is 1. The van der Waals surface area contributed by atoms with E-state index in [1.807, 2.05) is 0 Å². The zero-order chi connectivity index (χ0) is 21.3. The number of nitrogens with zero attached hydrogens (tertiary/aromatic N) is 1. The summed E-state index contributed by atoms with van der Waals surface area (Å²) in [4.78, 5) is 23.4. The molecule has 1 amide bonds. The molecule has 3 rings (SSSR count). The van der Waals surface area contributed by atoms with Crippen molar-refractivity contribution in [2.75, 3.05) is 7.11 Å². The molecule has 2 N–H and O–H groups in total. The van der Waals surface area contributed by atoms with Crippen LogP contribution < -0.4 is 10.2 Å². The van der Waals surface area contributed by atoms with E-state index in [0.717, 1.165) is 11.1 Å². The van der Waals surface area contributed by atoms with E-state index in [9.17, 15) is 14.7 Å². The molecule has 0 radical (unpaired) electrons. The molecule has 7 heteroatoms. The molecule has 3 aromatic rings. The predicted molar refractivity (Wildman–Crippen MR) is 112 cm³/mol. The number of carbonyl (C=O) groups excluding carboxylic acids is 2. The quantitative estimate of drug-likeness (QED) is 0.357. The lowest BCUT2D eigenvalue weighted by atomic mass is 10.1. The van der Waals surface area contributed by atoms with E-state index in [1.54, 1.807) is 60.7 Å². The second-order valence-corrected chi connectivity index (χ2v) is 6.26. The SMILES string of the molecule is COC(=O)c1ccc(COc2ccc(/C=N\NC(=O)c3ccccc3O)cc2)cc1. The third-order valence-corrected chi connectivity index (χ3v) is 4.19. The second-order valence-electron chi connectivity index (χ2n) is 6.26. The summed E-state index contributed by atoms with van der Waals surface area (Å²) in [5, 5.41) is 13.6. The first-order valence-corrected chi connectivity index (χ1v) is 9.08. The van der Waals surface area contributed by atoms with Crippen molar-refractivity contribution in [1.82, 2.24) is 5.43 Å². The lowest BCUT2D eigenvalue weighted by Crippen LogP contribution is -2.17. The molecule has 0 saturated carbocycles. The van der Waals surface area contributed by atoms with Gasteiger partial charge in [-0.3, -0.25) is 4.79 Å². The Hall–Kier alpha value is -4.13. The van der Waals surface area contributed by atoms with Gasteiger partial charge in [-0.25, -0.2) is 10.2 Å². The average molecular weight is 404 g/mol. The van der Waals surface area contributed by atoms with Crippen LogP contribution in [-0.4, -0.2) is 30.3 Å². The Morgan fingerprint density at radius 1 is 1.00 bits per heavy atom. The van der Waals surface area contributed by atoms with Crippen LogP contribution in [0, 0.1) is 0 Å². The highest BCUT2D eigenvalue weighted by Gasteiger charge is 2.08. The van der Waals surface area contributed by atoms with Crippen LogP contribution in [0.3, 0.4) is 0 Å². The van der Waals surface area contributed by atoms with Crippen molar-refractivity contribution in [2.24, 2.45) is 5.10 Å². The number of hydrogen-bond acceptors (Lipinski definition) is 6. The second kappa shape index (κ2) is 9.88. The summed E-state index contributed by atoms with van der Waals surface area (Å²) in [6, 6.07) is 20.4. The zero-order valence-corrected chi connectivity index (χ0v) is 16.2. The number of ether oxygens (including phenoxy) is 2. The first-order valence-electron chi connectivity index (χ1n) is 9.08. The average Bonchev–Trinajstić information content (AvgIpc) is 2.78. The summed E-state index contributed by atoms with van der Waals surface area (Å²) in [5.74, 6) is -0.312. The number of para-hydroxylation sites is 1. The standard InChI is InChI=1S/C23H20N2O5/c1-29-23(28)18-10-6-17(7-11-18)15-30-19-12-8-16(9-13-19)14-24-25-22(27)20-4-2-3-5-21(20)26/h2-14,26H,15H2,1H3,(H,25,27)/b24-14-. The Morgan fingerprint density at radius 3 is 2.37 bits per heavy atom. The summed E-state index contributed by atoms with van der Waals surface area (Å²) in [7, 11) is 1.34. The number of esters is 1. The molecule has 0 bridgehead atoms. The largest absolute Gasteiger partial charge is 0.507 e. The maximum absolute atomic E-state index is 12.0. The van der Waals surface area contributed by atoms with Gasteiger partial charge < -0.3 is 14.6 Å². The Morgan fingerprint density at radius 2 is 1.70 bits per heavy atom. The van der Waals surface area contributed by atoms with E-state index in [0.29, 0.717) is 17.9 Å². The van der Waals surface area contributed by atoms with Crippen LogP contribution in [0.4, 0.5) is 0 Å². The number of aromatic hydroxyl groups is 1. The number of amides is 1. The van der Waals surface area contributed by atoms with Gasteiger partial charge in [0, 0.05) is 0 Å². The van der Waals surface area contributed by atoms with E-state index >= 15 is 0 Å². The third-order valence-electron chi connectivity index (χ3n) is 4.19. The molecule has 0 saturated heterocycles. The van der Waals surface area contributed by atoms with Crippen LogP contribution >= 0.6 is 0 Å². The minimum atomic E-state index is -0.498. The number of phenols is 1. The molecule has 30 heavy (non-hydrogen) atoms. The topological polar surface area (TPSA) is 97.2 Å². The van der Waals surface area contributed by atoms with E-state index in [-0.39, 0.29) is 17.3 Å². The number of carbonyl (C=O) groups is 2. The Kier molecular flexibility index (Phi) is 6.78. The molecule has 0 spiro atoms. The Bertz CT molecular complexity index is 1040. The van der Waals surface area contributed by atoms with Crippen molar-refractivity contribution in [3.05, 3.63) is 95.1 Å². The highest BCUT2D eigenvalue weighted by atomic mass is 16.5. The fourth-order valence-corrected chi connectivity index (χ4v) is 2.56. The van der Waals surface area contributed by atoms with Crippen LogP contribution in [0.25, 0.3) is 0 Å². The highest BCUT2D eigenvalue weighted by Crippen LogP contribution is 2.16. The maximum atomic E-state index is 12.0. The minimum absolute atomic E-state index is 0.105. The third kappa shape index (κ3) is 5.45. The molecule has 3 aromatic carbocycles. The number of nitrogens with one attached hydrogen (secondary N) is 1. The van der Waals surface area contributed by atoms with Crippen LogP contribution in [0.1, 0.15) is 31.8 Å². The molecule has 0 aromatic heterocycles. The van der Waals surface area contributed by atoms with Gasteiger partial charge in [0.25, 0.3) is 5.91 Å². The molecule has 0 atom stereocenters. The summed E-state index contributed by atoms with van der Waals surface area (Å²) in [6.45, 7) is 0.353. The van der Waals surface area contributed by atoms with Gasteiger partial charge in [-0.1, -0.05) is 24.3 Å². The zero-order valence-electron chi connectivity index (χ0n) is 16.2. The summed E-state index contributed by atoms with van der Waals surface area (Å²) in [5.41, 5.74) is 4.69. The first-order chi connectivity index (χ1) is 14.6. The van der Waals surface area contributed by atoms with Crippen LogP contribution in [-0.2, 0) is 11.3 Å². The number of hydrazone groups is 1. The van der Waals surface area contributed by atoms with Crippen LogP contribution in [0.15, 0.2) is 77.9 Å². The number of rotatable bonds is 7. The molecule has 152 valence electrons. The van der Waals surface area contributed by atoms with Gasteiger partial charge in [-0.15, -0.1) is 0 Å². The molecule has 0 aliphatic heterocycles. The normalized spacial score (nSPS) is 10.6. The lowest BCUT2D eigenvalue weighted by Gasteiger charge is -2.07. The van der Waals surface area contributed by atoms with E-state index < -0.39 is 5.91 Å². The lowest BCUT2D eigenvalue weighted by molar-refractivity contribution is 0.0600. The Balaban J connectivity index is 1.51. The van der Waals surface area contributed by atoms with E-state index in [1.165, 1.54) is 25.5 Å². The number of methoxy groups -OCH3 is 1. The summed E-state index contributed by atoms with van der Waals surface area (Å²) < 4.78 is 10.4. The molecule has 0 heterocycles. The van der Waals surface area contributed by atoms with Crippen molar-refractivity contribution in [2.45, 2.75) is 6.61 Å². The molecule has 0 aliphatic rings. The van der Waals surface area contributed by atoms with Crippen LogP contribution in [0.2, 0.25) is 0 Å². The van der Waals surface area contributed by atoms with Crippen molar-refractivity contribution in [1.29, 1.82) is 0 Å². The smallest absolute Gasteiger partial charge is 0.337 e. The van der Waals surface area contributed by atoms with Gasteiger partial charge in [-0.05, 0) is 59.7 Å². The fraction of sp³-hybridized carbons (Fsp3) is 0.0870. The van der Waals surface area contributed by atoms with Gasteiger partial charge in [-0.2, -0.15) is 5.10 Å². The van der Waals surface area contributed by atoms with E-state index in [2.05, 4.69) is 15.3 Å². The summed E-state index contributed by atoms with van der Waals surface area (Å²) >= 11 is 0. The molecule has 0 fully saturated rings. The van der Waals surface area contributed by atoms with E-state index in [4.69, 9.17) is 4.74 Å².